The molecule has 3 atom stereocenters. The van der Waals surface area contributed by atoms with Crippen LogP contribution in [-0.4, -0.2) is 34.2 Å². The fourth-order valence-electron chi connectivity index (χ4n) is 3.28. The van der Waals surface area contributed by atoms with Gasteiger partial charge in [-0.3, -0.25) is 4.90 Å². The van der Waals surface area contributed by atoms with Crippen LogP contribution in [0.15, 0.2) is 73.3 Å². The van der Waals surface area contributed by atoms with Crippen molar-refractivity contribution < 1.29 is 14.6 Å². The second-order valence-corrected chi connectivity index (χ2v) is 7.91. The van der Waals surface area contributed by atoms with Gasteiger partial charge in [0.15, 0.2) is 6.10 Å². The molecule has 0 fully saturated rings. The monoisotopic (exact) mass is 381 g/mol. The highest BCUT2D eigenvalue weighted by Crippen LogP contribution is 2.33. The highest BCUT2D eigenvalue weighted by Gasteiger charge is 2.37. The number of benzene rings is 2. The molecular formula is C24H31NO3. The number of aliphatic hydroxyl groups is 1. The smallest absolute Gasteiger partial charge is 0.337 e. The lowest BCUT2D eigenvalue weighted by Gasteiger charge is -2.38. The van der Waals surface area contributed by atoms with Crippen molar-refractivity contribution in [2.24, 2.45) is 0 Å². The summed E-state index contributed by atoms with van der Waals surface area (Å²) in [6.07, 6.45) is 0.463. The molecule has 28 heavy (non-hydrogen) atoms. The summed E-state index contributed by atoms with van der Waals surface area (Å²) in [6.45, 7) is 11.8. The Kier molecular flexibility index (Phi) is 7.55. The summed E-state index contributed by atoms with van der Waals surface area (Å²) in [5, 5.41) is 11.0. The SMILES string of the molecule is C=CCN([C@@H](C)c1ccccc1)[C@@H](c1ccccc1)[C@H](O)C(=O)OC(C)(C)C. The number of hydrogen-bond acceptors (Lipinski definition) is 4. The molecule has 0 aliphatic heterocycles. The zero-order chi connectivity index (χ0) is 20.7. The van der Waals surface area contributed by atoms with Crippen molar-refractivity contribution in [3.8, 4) is 0 Å². The maximum Gasteiger partial charge on any atom is 0.337 e. The molecule has 0 aliphatic carbocycles. The van der Waals surface area contributed by atoms with E-state index < -0.39 is 23.7 Å². The first-order chi connectivity index (χ1) is 13.2. The molecule has 0 radical (unpaired) electrons. The van der Waals surface area contributed by atoms with E-state index in [-0.39, 0.29) is 6.04 Å². The van der Waals surface area contributed by atoms with Gasteiger partial charge in [0.2, 0.25) is 0 Å². The van der Waals surface area contributed by atoms with E-state index in [4.69, 9.17) is 4.74 Å². The van der Waals surface area contributed by atoms with Crippen molar-refractivity contribution in [1.82, 2.24) is 4.90 Å². The summed E-state index contributed by atoms with van der Waals surface area (Å²) in [5.41, 5.74) is 1.28. The lowest BCUT2D eigenvalue weighted by atomic mass is 9.95. The van der Waals surface area contributed by atoms with Crippen molar-refractivity contribution in [3.63, 3.8) is 0 Å². The Balaban J connectivity index is 2.45. The molecule has 0 saturated heterocycles. The van der Waals surface area contributed by atoms with Gasteiger partial charge in [0, 0.05) is 12.6 Å². The van der Waals surface area contributed by atoms with Gasteiger partial charge < -0.3 is 9.84 Å². The van der Waals surface area contributed by atoms with Crippen molar-refractivity contribution >= 4 is 5.97 Å². The Morgan fingerprint density at radius 2 is 1.57 bits per heavy atom. The van der Waals surface area contributed by atoms with Crippen LogP contribution in [0, 0.1) is 0 Å². The lowest BCUT2D eigenvalue weighted by Crippen LogP contribution is -2.44. The summed E-state index contributed by atoms with van der Waals surface area (Å²) >= 11 is 0. The van der Waals surface area contributed by atoms with E-state index in [9.17, 15) is 9.90 Å². The number of carbonyl (C=O) groups excluding carboxylic acids is 1. The fraction of sp³-hybridized carbons (Fsp3) is 0.375. The van der Waals surface area contributed by atoms with E-state index in [0.717, 1.165) is 11.1 Å². The molecule has 0 spiro atoms. The Morgan fingerprint density at radius 1 is 1.07 bits per heavy atom. The average Bonchev–Trinajstić information content (AvgIpc) is 2.67. The van der Waals surface area contributed by atoms with Gasteiger partial charge in [-0.25, -0.2) is 4.79 Å². The van der Waals surface area contributed by atoms with E-state index in [2.05, 4.69) is 18.4 Å². The molecule has 0 aromatic heterocycles. The van der Waals surface area contributed by atoms with E-state index in [0.29, 0.717) is 6.54 Å². The number of aliphatic hydroxyl groups excluding tert-OH is 1. The lowest BCUT2D eigenvalue weighted by molar-refractivity contribution is -0.169. The zero-order valence-corrected chi connectivity index (χ0v) is 17.2. The second kappa shape index (κ2) is 9.67. The third-order valence-electron chi connectivity index (χ3n) is 4.57. The van der Waals surface area contributed by atoms with Crippen LogP contribution >= 0.6 is 0 Å². The molecule has 0 aliphatic rings. The predicted molar refractivity (Wildman–Crippen MR) is 113 cm³/mol. The number of hydrogen-bond donors (Lipinski definition) is 1. The highest BCUT2D eigenvalue weighted by atomic mass is 16.6. The molecule has 150 valence electrons. The number of rotatable bonds is 8. The molecule has 4 nitrogen and oxygen atoms in total. The van der Waals surface area contributed by atoms with Gasteiger partial charge in [0.25, 0.3) is 0 Å². The van der Waals surface area contributed by atoms with Gasteiger partial charge in [-0.2, -0.15) is 0 Å². The van der Waals surface area contributed by atoms with Gasteiger partial charge in [0.05, 0.1) is 6.04 Å². The quantitative estimate of drug-likeness (QED) is 0.533. The number of nitrogens with zero attached hydrogens (tertiary/aromatic N) is 1. The molecule has 0 unspecified atom stereocenters. The first-order valence-corrected chi connectivity index (χ1v) is 9.62. The average molecular weight is 382 g/mol. The molecule has 0 bridgehead atoms. The van der Waals surface area contributed by atoms with Gasteiger partial charge in [-0.1, -0.05) is 66.7 Å². The number of ether oxygens (including phenoxy) is 1. The summed E-state index contributed by atoms with van der Waals surface area (Å²) < 4.78 is 5.47. The molecule has 0 saturated carbocycles. The van der Waals surface area contributed by atoms with Crippen LogP contribution in [0.2, 0.25) is 0 Å². The molecule has 2 aromatic rings. The maximum absolute atomic E-state index is 12.7. The normalized spacial score (nSPS) is 14.9. The highest BCUT2D eigenvalue weighted by molar-refractivity contribution is 5.76. The Bertz CT molecular complexity index is 752. The summed E-state index contributed by atoms with van der Waals surface area (Å²) in [6, 6.07) is 19.0. The van der Waals surface area contributed by atoms with E-state index >= 15 is 0 Å². The molecular weight excluding hydrogens is 350 g/mol. The van der Waals surface area contributed by atoms with E-state index in [1.165, 1.54) is 0 Å². The number of esters is 1. The van der Waals surface area contributed by atoms with Crippen LogP contribution in [0.25, 0.3) is 0 Å². The summed E-state index contributed by atoms with van der Waals surface area (Å²) in [4.78, 5) is 14.8. The summed E-state index contributed by atoms with van der Waals surface area (Å²) in [5.74, 6) is -0.629. The van der Waals surface area contributed by atoms with Crippen LogP contribution in [0.5, 0.6) is 0 Å². The Morgan fingerprint density at radius 3 is 2.04 bits per heavy atom. The molecule has 2 aromatic carbocycles. The Labute approximate surface area is 168 Å². The van der Waals surface area contributed by atoms with Crippen LogP contribution in [-0.2, 0) is 9.53 Å². The van der Waals surface area contributed by atoms with Gasteiger partial charge in [-0.15, -0.1) is 6.58 Å². The minimum absolute atomic E-state index is 0.0403. The van der Waals surface area contributed by atoms with Crippen LogP contribution in [0.1, 0.15) is 50.9 Å². The van der Waals surface area contributed by atoms with Crippen molar-refractivity contribution in [3.05, 3.63) is 84.4 Å². The van der Waals surface area contributed by atoms with Crippen LogP contribution < -0.4 is 0 Å². The van der Waals surface area contributed by atoms with E-state index in [1.54, 1.807) is 26.8 Å². The first-order valence-electron chi connectivity index (χ1n) is 9.62. The fourth-order valence-corrected chi connectivity index (χ4v) is 3.28. The Hall–Kier alpha value is -2.43. The largest absolute Gasteiger partial charge is 0.458 e. The van der Waals surface area contributed by atoms with Crippen LogP contribution in [0.4, 0.5) is 0 Å². The van der Waals surface area contributed by atoms with Gasteiger partial charge in [0.1, 0.15) is 5.60 Å². The molecule has 1 N–H and O–H groups in total. The summed E-state index contributed by atoms with van der Waals surface area (Å²) in [7, 11) is 0. The second-order valence-electron chi connectivity index (χ2n) is 7.91. The predicted octanol–water partition coefficient (Wildman–Crippen LogP) is 4.68. The maximum atomic E-state index is 12.7. The minimum atomic E-state index is -1.33. The third kappa shape index (κ3) is 5.78. The van der Waals surface area contributed by atoms with Crippen molar-refractivity contribution in [2.45, 2.75) is 51.5 Å². The topological polar surface area (TPSA) is 49.8 Å². The van der Waals surface area contributed by atoms with Gasteiger partial charge >= 0.3 is 5.97 Å². The molecule has 4 heteroatoms. The third-order valence-corrected chi connectivity index (χ3v) is 4.57. The van der Waals surface area contributed by atoms with Crippen molar-refractivity contribution in [2.75, 3.05) is 6.54 Å². The van der Waals surface area contributed by atoms with E-state index in [1.807, 2.05) is 60.7 Å². The molecule has 0 amide bonds. The van der Waals surface area contributed by atoms with Gasteiger partial charge in [-0.05, 0) is 38.8 Å². The van der Waals surface area contributed by atoms with Crippen LogP contribution in [0.3, 0.4) is 0 Å². The minimum Gasteiger partial charge on any atom is -0.458 e. The first kappa shape index (κ1) is 21.9. The molecule has 0 heterocycles. The number of carbonyl (C=O) groups is 1. The van der Waals surface area contributed by atoms with Crippen molar-refractivity contribution in [1.29, 1.82) is 0 Å². The molecule has 2 rings (SSSR count). The standard InChI is InChI=1S/C24H31NO3/c1-6-17-25(18(2)19-13-9-7-10-14-19)21(20-15-11-8-12-16-20)22(26)23(27)28-24(3,4)5/h6-16,18,21-22,26H,1,17H2,2-5H3/t18-,21-,22-/m0/s1. The zero-order valence-electron chi connectivity index (χ0n) is 17.2.